The standard InChI is InChI=1S/C13H12F3NO/c14-9-6-7-10(15)12(16)11(9)13(18)17-8-4-2-1-3-5-8/h1-2,6-8H,3-5H2,(H,17,18)/t8-/m1/s1. The van der Waals surface area contributed by atoms with Crippen LogP contribution in [0.25, 0.3) is 0 Å². The highest BCUT2D eigenvalue weighted by Gasteiger charge is 2.23. The van der Waals surface area contributed by atoms with Gasteiger partial charge in [0.15, 0.2) is 11.6 Å². The molecule has 0 unspecified atom stereocenters. The Labute approximate surface area is 102 Å². The van der Waals surface area contributed by atoms with Crippen molar-refractivity contribution >= 4 is 5.91 Å². The van der Waals surface area contributed by atoms with Crippen LogP contribution in [0, 0.1) is 17.5 Å². The van der Waals surface area contributed by atoms with Gasteiger partial charge in [-0.05, 0) is 31.4 Å². The summed E-state index contributed by atoms with van der Waals surface area (Å²) in [5.41, 5.74) is -0.857. The summed E-state index contributed by atoms with van der Waals surface area (Å²) < 4.78 is 39.7. The Balaban J connectivity index is 2.18. The number of carbonyl (C=O) groups is 1. The van der Waals surface area contributed by atoms with Crippen LogP contribution in [-0.4, -0.2) is 11.9 Å². The van der Waals surface area contributed by atoms with Gasteiger partial charge in [-0.25, -0.2) is 13.2 Å². The number of amides is 1. The van der Waals surface area contributed by atoms with Crippen molar-refractivity contribution < 1.29 is 18.0 Å². The molecule has 0 heterocycles. The van der Waals surface area contributed by atoms with Crippen LogP contribution in [0.2, 0.25) is 0 Å². The Morgan fingerprint density at radius 1 is 1.17 bits per heavy atom. The van der Waals surface area contributed by atoms with Crippen molar-refractivity contribution in [2.75, 3.05) is 0 Å². The zero-order valence-electron chi connectivity index (χ0n) is 9.55. The summed E-state index contributed by atoms with van der Waals surface area (Å²) in [4.78, 5) is 11.7. The molecule has 1 aliphatic rings. The lowest BCUT2D eigenvalue weighted by Crippen LogP contribution is -2.36. The molecule has 0 saturated carbocycles. The Morgan fingerprint density at radius 3 is 2.56 bits per heavy atom. The second-order valence-electron chi connectivity index (χ2n) is 4.17. The Hall–Kier alpha value is -1.78. The first-order valence-electron chi connectivity index (χ1n) is 5.69. The summed E-state index contributed by atoms with van der Waals surface area (Å²) in [5, 5.41) is 2.51. The van der Waals surface area contributed by atoms with Crippen LogP contribution in [0.5, 0.6) is 0 Å². The molecule has 0 bridgehead atoms. The highest BCUT2D eigenvalue weighted by atomic mass is 19.2. The maximum Gasteiger partial charge on any atom is 0.257 e. The van der Waals surface area contributed by atoms with Crippen molar-refractivity contribution in [1.82, 2.24) is 5.32 Å². The highest BCUT2D eigenvalue weighted by molar-refractivity contribution is 5.95. The third-order valence-electron chi connectivity index (χ3n) is 2.88. The zero-order valence-corrected chi connectivity index (χ0v) is 9.55. The van der Waals surface area contributed by atoms with Gasteiger partial charge in [0, 0.05) is 6.04 Å². The molecule has 1 aromatic carbocycles. The molecule has 0 fully saturated rings. The summed E-state index contributed by atoms with van der Waals surface area (Å²) in [6, 6.07) is 1.24. The molecule has 5 heteroatoms. The molecule has 1 aliphatic carbocycles. The van der Waals surface area contributed by atoms with E-state index in [9.17, 15) is 18.0 Å². The molecule has 1 amide bonds. The second-order valence-corrected chi connectivity index (χ2v) is 4.17. The van der Waals surface area contributed by atoms with Crippen molar-refractivity contribution in [2.45, 2.75) is 25.3 Å². The SMILES string of the molecule is O=C(N[C@@H]1CC=CCC1)c1c(F)ccc(F)c1F. The predicted octanol–water partition coefficient (Wildman–Crippen LogP) is 2.94. The number of halogens is 3. The van der Waals surface area contributed by atoms with Crippen LogP contribution in [0.3, 0.4) is 0 Å². The number of allylic oxidation sites excluding steroid dienone is 1. The van der Waals surface area contributed by atoms with E-state index < -0.39 is 28.9 Å². The van der Waals surface area contributed by atoms with Crippen molar-refractivity contribution in [3.05, 3.63) is 47.3 Å². The van der Waals surface area contributed by atoms with Crippen LogP contribution in [-0.2, 0) is 0 Å². The van der Waals surface area contributed by atoms with E-state index in [2.05, 4.69) is 5.32 Å². The van der Waals surface area contributed by atoms with Crippen LogP contribution in [0.15, 0.2) is 24.3 Å². The van der Waals surface area contributed by atoms with E-state index in [1.54, 1.807) is 0 Å². The largest absolute Gasteiger partial charge is 0.349 e. The molecule has 0 radical (unpaired) electrons. The van der Waals surface area contributed by atoms with Gasteiger partial charge in [0.05, 0.1) is 0 Å². The number of benzene rings is 1. The van der Waals surface area contributed by atoms with Crippen LogP contribution < -0.4 is 5.32 Å². The van der Waals surface area contributed by atoms with E-state index in [0.717, 1.165) is 12.5 Å². The van der Waals surface area contributed by atoms with E-state index in [1.807, 2.05) is 12.2 Å². The molecular weight excluding hydrogens is 243 g/mol. The van der Waals surface area contributed by atoms with Gasteiger partial charge in [0.25, 0.3) is 5.91 Å². The van der Waals surface area contributed by atoms with E-state index >= 15 is 0 Å². The summed E-state index contributed by atoms with van der Waals surface area (Å²) in [5.74, 6) is -4.65. The molecule has 18 heavy (non-hydrogen) atoms. The van der Waals surface area contributed by atoms with Gasteiger partial charge in [0.2, 0.25) is 0 Å². The van der Waals surface area contributed by atoms with Crippen LogP contribution in [0.4, 0.5) is 13.2 Å². The van der Waals surface area contributed by atoms with E-state index in [-0.39, 0.29) is 6.04 Å². The van der Waals surface area contributed by atoms with Gasteiger partial charge in [-0.3, -0.25) is 4.79 Å². The Kier molecular flexibility index (Phi) is 3.69. The van der Waals surface area contributed by atoms with Gasteiger partial charge in [-0.15, -0.1) is 0 Å². The number of rotatable bonds is 2. The Bertz CT molecular complexity index is 499. The number of nitrogens with one attached hydrogen (secondary N) is 1. The molecule has 2 rings (SSSR count). The molecule has 1 atom stereocenters. The lowest BCUT2D eigenvalue weighted by Gasteiger charge is -2.19. The van der Waals surface area contributed by atoms with Gasteiger partial charge in [-0.1, -0.05) is 12.2 Å². The molecular formula is C13H12F3NO. The van der Waals surface area contributed by atoms with Gasteiger partial charge in [-0.2, -0.15) is 0 Å². The molecule has 0 spiro atoms. The molecule has 1 aromatic rings. The van der Waals surface area contributed by atoms with Gasteiger partial charge in [0.1, 0.15) is 11.4 Å². The van der Waals surface area contributed by atoms with E-state index in [4.69, 9.17) is 0 Å². The number of carbonyl (C=O) groups excluding carboxylic acids is 1. The third kappa shape index (κ3) is 2.55. The van der Waals surface area contributed by atoms with Crippen LogP contribution >= 0.6 is 0 Å². The molecule has 1 N–H and O–H groups in total. The van der Waals surface area contributed by atoms with Gasteiger partial charge < -0.3 is 5.32 Å². The van der Waals surface area contributed by atoms with Crippen molar-refractivity contribution in [1.29, 1.82) is 0 Å². The lowest BCUT2D eigenvalue weighted by atomic mass is 10.0. The van der Waals surface area contributed by atoms with Crippen molar-refractivity contribution in [2.24, 2.45) is 0 Å². The number of hydrogen-bond donors (Lipinski definition) is 1. The van der Waals surface area contributed by atoms with Crippen molar-refractivity contribution in [3.63, 3.8) is 0 Å². The van der Waals surface area contributed by atoms with E-state index in [1.165, 1.54) is 0 Å². The summed E-state index contributed by atoms with van der Waals surface area (Å²) >= 11 is 0. The first-order chi connectivity index (χ1) is 8.59. The Morgan fingerprint density at radius 2 is 1.89 bits per heavy atom. The molecule has 96 valence electrons. The maximum atomic E-state index is 13.4. The topological polar surface area (TPSA) is 29.1 Å². The molecule has 2 nitrogen and oxygen atoms in total. The summed E-state index contributed by atoms with van der Waals surface area (Å²) in [6.45, 7) is 0. The molecule has 0 aromatic heterocycles. The quantitative estimate of drug-likeness (QED) is 0.639. The summed E-state index contributed by atoms with van der Waals surface area (Å²) in [6.07, 6.45) is 6.00. The minimum Gasteiger partial charge on any atom is -0.349 e. The van der Waals surface area contributed by atoms with Crippen molar-refractivity contribution in [3.8, 4) is 0 Å². The fourth-order valence-corrected chi connectivity index (χ4v) is 1.92. The first kappa shape index (κ1) is 12.7. The number of hydrogen-bond acceptors (Lipinski definition) is 1. The smallest absolute Gasteiger partial charge is 0.257 e. The maximum absolute atomic E-state index is 13.4. The first-order valence-corrected chi connectivity index (χ1v) is 5.69. The van der Waals surface area contributed by atoms with E-state index in [0.29, 0.717) is 18.9 Å². The highest BCUT2D eigenvalue weighted by Crippen LogP contribution is 2.17. The minimum atomic E-state index is -1.45. The third-order valence-corrected chi connectivity index (χ3v) is 2.88. The van der Waals surface area contributed by atoms with Gasteiger partial charge >= 0.3 is 0 Å². The molecule has 0 saturated heterocycles. The normalized spacial score (nSPS) is 18.7. The second kappa shape index (κ2) is 5.25. The lowest BCUT2D eigenvalue weighted by molar-refractivity contribution is 0.0925. The fourth-order valence-electron chi connectivity index (χ4n) is 1.92. The predicted molar refractivity (Wildman–Crippen MR) is 60.6 cm³/mol. The average molecular weight is 255 g/mol. The molecule has 0 aliphatic heterocycles. The minimum absolute atomic E-state index is 0.162. The van der Waals surface area contributed by atoms with Crippen LogP contribution in [0.1, 0.15) is 29.6 Å². The zero-order chi connectivity index (χ0) is 13.1. The monoisotopic (exact) mass is 255 g/mol. The fraction of sp³-hybridized carbons (Fsp3) is 0.308. The summed E-state index contributed by atoms with van der Waals surface area (Å²) in [7, 11) is 0. The average Bonchev–Trinajstić information content (AvgIpc) is 2.36.